The smallest absolute Gasteiger partial charge is 0.439 e. The number of alkyl halides is 3. The van der Waals surface area contributed by atoms with Gasteiger partial charge in [0.25, 0.3) is 11.6 Å². The number of hydrazone groups is 1. The second kappa shape index (κ2) is 6.61. The zero-order chi connectivity index (χ0) is 18.9. The van der Waals surface area contributed by atoms with Crippen molar-refractivity contribution in [2.75, 3.05) is 6.61 Å². The molecule has 26 heavy (non-hydrogen) atoms. The highest BCUT2D eigenvalue weighted by Crippen LogP contribution is 2.48. The van der Waals surface area contributed by atoms with Crippen LogP contribution in [0.15, 0.2) is 29.4 Å². The molecule has 0 radical (unpaired) electrons. The van der Waals surface area contributed by atoms with E-state index >= 15 is 0 Å². The first-order valence-corrected chi connectivity index (χ1v) is 8.10. The summed E-state index contributed by atoms with van der Waals surface area (Å²) in [4.78, 5) is 12.3. The Bertz CT molecular complexity index is 770. The summed E-state index contributed by atoms with van der Waals surface area (Å²) in [6.07, 6.45) is -3.39. The van der Waals surface area contributed by atoms with Crippen LogP contribution < -0.4 is 4.74 Å². The van der Waals surface area contributed by atoms with Gasteiger partial charge in [0.15, 0.2) is 6.61 Å². The van der Waals surface area contributed by atoms with Gasteiger partial charge in [0.05, 0.1) is 17.6 Å². The van der Waals surface area contributed by atoms with Crippen LogP contribution in [0.4, 0.5) is 13.2 Å². The van der Waals surface area contributed by atoms with Crippen molar-refractivity contribution in [3.05, 3.63) is 29.8 Å². The minimum Gasteiger partial charge on any atom is -0.484 e. The molecule has 0 unspecified atom stereocenters. The van der Waals surface area contributed by atoms with Gasteiger partial charge >= 0.3 is 6.18 Å². The van der Waals surface area contributed by atoms with Crippen LogP contribution in [-0.4, -0.2) is 40.2 Å². The van der Waals surface area contributed by atoms with Crippen molar-refractivity contribution in [1.29, 1.82) is 5.26 Å². The van der Waals surface area contributed by atoms with Crippen molar-refractivity contribution in [2.45, 2.75) is 37.6 Å². The summed E-state index contributed by atoms with van der Waals surface area (Å²) >= 11 is 0. The monoisotopic (exact) mass is 367 g/mol. The number of nitrogens with zero attached hydrogens (tertiary/aromatic N) is 3. The molecule has 1 aromatic carbocycles. The van der Waals surface area contributed by atoms with Crippen molar-refractivity contribution in [2.24, 2.45) is 11.0 Å². The van der Waals surface area contributed by atoms with Crippen LogP contribution >= 0.6 is 0 Å². The van der Waals surface area contributed by atoms with E-state index in [1.807, 2.05) is 6.07 Å². The molecule has 1 aliphatic heterocycles. The number of nitriles is 1. The summed E-state index contributed by atoms with van der Waals surface area (Å²) in [5.74, 6) is -2.11. The minimum absolute atomic E-state index is 0.120. The Kier molecular flexibility index (Phi) is 4.63. The number of amides is 1. The summed E-state index contributed by atoms with van der Waals surface area (Å²) in [5, 5.41) is 23.0. The van der Waals surface area contributed by atoms with Gasteiger partial charge in [-0.1, -0.05) is 6.42 Å². The number of carbonyl (C=O) groups excluding carboxylic acids is 1. The van der Waals surface area contributed by atoms with E-state index < -0.39 is 30.3 Å². The Hall–Kier alpha value is -2.60. The second-order valence-electron chi connectivity index (χ2n) is 6.24. The molecule has 1 aliphatic carbocycles. The highest BCUT2D eigenvalue weighted by atomic mass is 19.4. The molecule has 0 saturated heterocycles. The summed E-state index contributed by atoms with van der Waals surface area (Å²) in [6.45, 7) is -0.714. The van der Waals surface area contributed by atoms with E-state index in [1.165, 1.54) is 24.3 Å². The van der Waals surface area contributed by atoms with Gasteiger partial charge < -0.3 is 9.84 Å². The number of hydrogen-bond acceptors (Lipinski definition) is 5. The fraction of sp³-hybridized carbons (Fsp3) is 0.471. The number of aliphatic hydroxyl groups is 1. The number of ether oxygens (including phenoxy) is 1. The van der Waals surface area contributed by atoms with Crippen molar-refractivity contribution >= 4 is 11.6 Å². The number of carbonyl (C=O) groups is 1. The van der Waals surface area contributed by atoms with E-state index in [9.17, 15) is 23.1 Å². The first kappa shape index (κ1) is 18.2. The van der Waals surface area contributed by atoms with Crippen molar-refractivity contribution in [3.8, 4) is 11.8 Å². The van der Waals surface area contributed by atoms with Gasteiger partial charge in [-0.2, -0.15) is 28.5 Å². The van der Waals surface area contributed by atoms with E-state index in [-0.39, 0.29) is 22.9 Å². The van der Waals surface area contributed by atoms with Crippen molar-refractivity contribution in [3.63, 3.8) is 0 Å². The number of benzene rings is 1. The van der Waals surface area contributed by atoms with E-state index in [2.05, 4.69) is 5.10 Å². The highest BCUT2D eigenvalue weighted by Gasteiger charge is 2.68. The third-order valence-electron chi connectivity index (χ3n) is 4.61. The van der Waals surface area contributed by atoms with Gasteiger partial charge in [0.2, 0.25) is 0 Å². The second-order valence-corrected chi connectivity index (χ2v) is 6.24. The summed E-state index contributed by atoms with van der Waals surface area (Å²) < 4.78 is 45.9. The quantitative estimate of drug-likeness (QED) is 0.890. The minimum atomic E-state index is -5.04. The SMILES string of the molecule is N#Cc1ccc(OCC(=O)N2N=C3CCCC[C@@H]3[C@]2(O)C(F)(F)F)cc1. The van der Waals surface area contributed by atoms with Crippen LogP contribution in [0.3, 0.4) is 0 Å². The lowest BCUT2D eigenvalue weighted by atomic mass is 9.80. The molecule has 0 aromatic heterocycles. The van der Waals surface area contributed by atoms with Crippen LogP contribution in [-0.2, 0) is 4.79 Å². The third kappa shape index (κ3) is 3.01. The standard InChI is InChI=1S/C17H16F3N3O3/c18-17(19,20)16(25)13-3-1-2-4-14(13)22-23(16)15(24)10-26-12-7-5-11(9-21)6-8-12/h5-8,13,25H,1-4,10H2/t13-,16-/m0/s1. The molecule has 138 valence electrons. The number of fused-ring (bicyclic) bond motifs is 1. The molecule has 1 saturated carbocycles. The predicted octanol–water partition coefficient (Wildman–Crippen LogP) is 2.58. The maximum atomic E-state index is 13.6. The molecule has 9 heteroatoms. The molecule has 3 rings (SSSR count). The normalized spacial score (nSPS) is 25.3. The van der Waals surface area contributed by atoms with Gasteiger partial charge in [-0.25, -0.2) is 0 Å². The van der Waals surface area contributed by atoms with E-state index in [1.54, 1.807) is 0 Å². The van der Waals surface area contributed by atoms with Crippen LogP contribution in [0.25, 0.3) is 0 Å². The summed E-state index contributed by atoms with van der Waals surface area (Å²) in [6, 6.07) is 7.68. The Labute approximate surface area is 147 Å². The molecule has 2 atom stereocenters. The third-order valence-corrected chi connectivity index (χ3v) is 4.61. The lowest BCUT2D eigenvalue weighted by Gasteiger charge is -2.38. The Balaban J connectivity index is 1.77. The molecule has 0 spiro atoms. The zero-order valence-corrected chi connectivity index (χ0v) is 13.7. The van der Waals surface area contributed by atoms with Gasteiger partial charge in [-0.3, -0.25) is 4.79 Å². The number of rotatable bonds is 3. The predicted molar refractivity (Wildman–Crippen MR) is 83.9 cm³/mol. The van der Waals surface area contributed by atoms with Crippen molar-refractivity contribution in [1.82, 2.24) is 5.01 Å². The van der Waals surface area contributed by atoms with Gasteiger partial charge in [0.1, 0.15) is 5.75 Å². The molecule has 1 heterocycles. The zero-order valence-electron chi connectivity index (χ0n) is 13.7. The van der Waals surface area contributed by atoms with Crippen LogP contribution in [0.2, 0.25) is 0 Å². The van der Waals surface area contributed by atoms with Gasteiger partial charge in [0, 0.05) is 5.71 Å². The number of hydrogen-bond donors (Lipinski definition) is 1. The lowest BCUT2D eigenvalue weighted by molar-refractivity contribution is -0.317. The average Bonchev–Trinajstić information content (AvgIpc) is 2.94. The van der Waals surface area contributed by atoms with E-state index in [4.69, 9.17) is 10.00 Å². The summed E-state index contributed by atoms with van der Waals surface area (Å²) in [7, 11) is 0. The number of halogens is 3. The molecule has 6 nitrogen and oxygen atoms in total. The largest absolute Gasteiger partial charge is 0.484 e. The molecule has 0 bridgehead atoms. The molecule has 1 fully saturated rings. The van der Waals surface area contributed by atoms with Crippen LogP contribution in [0.1, 0.15) is 31.2 Å². The average molecular weight is 367 g/mol. The lowest BCUT2D eigenvalue weighted by Crippen LogP contribution is -2.62. The molecular weight excluding hydrogens is 351 g/mol. The Morgan fingerprint density at radius 2 is 2.08 bits per heavy atom. The molecule has 1 aromatic rings. The maximum absolute atomic E-state index is 13.6. The Morgan fingerprint density at radius 3 is 2.69 bits per heavy atom. The van der Waals surface area contributed by atoms with Gasteiger partial charge in [-0.05, 0) is 43.5 Å². The van der Waals surface area contributed by atoms with E-state index in [0.717, 1.165) is 0 Å². The molecular formula is C17H16F3N3O3. The first-order valence-electron chi connectivity index (χ1n) is 8.10. The molecule has 2 aliphatic rings. The van der Waals surface area contributed by atoms with E-state index in [0.29, 0.717) is 24.8 Å². The Morgan fingerprint density at radius 1 is 1.38 bits per heavy atom. The first-order chi connectivity index (χ1) is 12.3. The van der Waals surface area contributed by atoms with Gasteiger partial charge in [-0.15, -0.1) is 0 Å². The van der Waals surface area contributed by atoms with Crippen molar-refractivity contribution < 1.29 is 27.8 Å². The highest BCUT2D eigenvalue weighted by molar-refractivity contribution is 5.93. The fourth-order valence-corrected chi connectivity index (χ4v) is 3.30. The molecule has 1 N–H and O–H groups in total. The molecule has 1 amide bonds. The van der Waals surface area contributed by atoms with Crippen LogP contribution in [0, 0.1) is 17.2 Å². The topological polar surface area (TPSA) is 85.9 Å². The summed E-state index contributed by atoms with van der Waals surface area (Å²) in [5.41, 5.74) is -2.76. The fourth-order valence-electron chi connectivity index (χ4n) is 3.30. The van der Waals surface area contributed by atoms with Crippen LogP contribution in [0.5, 0.6) is 5.75 Å². The maximum Gasteiger partial charge on any atom is 0.439 e.